The number of thioether (sulfide) groups is 1. The largest absolute Gasteiger partial charge is 0.493 e. The van der Waals surface area contributed by atoms with E-state index in [4.69, 9.17) is 18.9 Å². The smallest absolute Gasteiger partial charge is 0.252 e. The van der Waals surface area contributed by atoms with Crippen LogP contribution in [0.1, 0.15) is 25.0 Å². The highest BCUT2D eigenvalue weighted by molar-refractivity contribution is 8.01. The quantitative estimate of drug-likeness (QED) is 0.338. The zero-order valence-corrected chi connectivity index (χ0v) is 21.3. The van der Waals surface area contributed by atoms with Gasteiger partial charge in [-0.25, -0.2) is 10.9 Å². The van der Waals surface area contributed by atoms with Gasteiger partial charge in [0, 0.05) is 0 Å². The predicted octanol–water partition coefficient (Wildman–Crippen LogP) is 2.83. The Bertz CT molecular complexity index is 992. The number of hydrazone groups is 2. The molecule has 0 aliphatic carbocycles. The topological polar surface area (TPSA) is 120 Å². The number of benzene rings is 2. The minimum Gasteiger partial charge on any atom is -0.493 e. The van der Waals surface area contributed by atoms with E-state index in [9.17, 15) is 9.59 Å². The van der Waals surface area contributed by atoms with Crippen molar-refractivity contribution >= 4 is 36.0 Å². The lowest BCUT2D eigenvalue weighted by Gasteiger charge is -2.14. The van der Waals surface area contributed by atoms with Gasteiger partial charge in [-0.15, -0.1) is 11.8 Å². The second-order valence-electron chi connectivity index (χ2n) is 7.12. The number of hydrogen-bond donors (Lipinski definition) is 2. The molecule has 0 aliphatic heterocycles. The first-order valence-electron chi connectivity index (χ1n) is 10.6. The molecule has 10 nitrogen and oxygen atoms in total. The SMILES string of the molecule is COc1ccc(/C=N\NC(=O)[C@H](C)S[C@@H](C)C(=O)N/N=C\c2ccc(OC)c(OC)c2)cc1OC. The summed E-state index contributed by atoms with van der Waals surface area (Å²) in [6.45, 7) is 3.39. The van der Waals surface area contributed by atoms with E-state index in [2.05, 4.69) is 21.1 Å². The average molecular weight is 503 g/mol. The fourth-order valence-corrected chi connectivity index (χ4v) is 3.78. The van der Waals surface area contributed by atoms with Crippen LogP contribution in [0.3, 0.4) is 0 Å². The molecule has 11 heteroatoms. The third-order valence-electron chi connectivity index (χ3n) is 4.74. The molecule has 2 amide bonds. The molecule has 188 valence electrons. The van der Waals surface area contributed by atoms with Gasteiger partial charge in [-0.2, -0.15) is 10.2 Å². The van der Waals surface area contributed by atoms with Crippen molar-refractivity contribution in [2.24, 2.45) is 10.2 Å². The molecule has 2 atom stereocenters. The number of rotatable bonds is 12. The number of carbonyl (C=O) groups is 2. The third-order valence-corrected chi connectivity index (χ3v) is 5.98. The predicted molar refractivity (Wildman–Crippen MR) is 137 cm³/mol. The van der Waals surface area contributed by atoms with E-state index in [1.165, 1.54) is 38.4 Å². The van der Waals surface area contributed by atoms with Crippen molar-refractivity contribution in [3.8, 4) is 23.0 Å². The summed E-state index contributed by atoms with van der Waals surface area (Å²) >= 11 is 1.19. The van der Waals surface area contributed by atoms with Crippen LogP contribution in [0.15, 0.2) is 46.6 Å². The van der Waals surface area contributed by atoms with Crippen LogP contribution in [0.2, 0.25) is 0 Å². The molecular weight excluding hydrogens is 472 g/mol. The van der Waals surface area contributed by atoms with Crippen molar-refractivity contribution in [3.05, 3.63) is 47.5 Å². The maximum Gasteiger partial charge on any atom is 0.252 e. The molecule has 0 saturated carbocycles. The van der Waals surface area contributed by atoms with Crippen LogP contribution in [-0.2, 0) is 9.59 Å². The van der Waals surface area contributed by atoms with Crippen LogP contribution in [0, 0.1) is 0 Å². The molecule has 2 aromatic rings. The highest BCUT2D eigenvalue weighted by atomic mass is 32.2. The fraction of sp³-hybridized carbons (Fsp3) is 0.333. The second kappa shape index (κ2) is 13.9. The van der Waals surface area contributed by atoms with Crippen molar-refractivity contribution in [2.45, 2.75) is 24.3 Å². The monoisotopic (exact) mass is 502 g/mol. The van der Waals surface area contributed by atoms with Crippen molar-refractivity contribution in [3.63, 3.8) is 0 Å². The van der Waals surface area contributed by atoms with Gasteiger partial charge in [0.2, 0.25) is 0 Å². The molecule has 0 aromatic heterocycles. The molecule has 0 fully saturated rings. The van der Waals surface area contributed by atoms with Gasteiger partial charge in [-0.1, -0.05) is 0 Å². The first-order valence-corrected chi connectivity index (χ1v) is 11.5. The second-order valence-corrected chi connectivity index (χ2v) is 8.80. The molecule has 0 spiro atoms. The standard InChI is InChI=1S/C24H30N4O6S/c1-15(23(29)27-25-13-17-7-9-19(31-3)21(11-17)33-5)35-16(2)24(30)28-26-14-18-8-10-20(32-4)22(12-18)34-6/h7-16H,1-6H3,(H,27,29)(H,28,30)/b25-13-,26-14-/t15-,16-/m0/s1. The summed E-state index contributed by atoms with van der Waals surface area (Å²) in [5, 5.41) is 6.92. The summed E-state index contributed by atoms with van der Waals surface area (Å²) < 4.78 is 20.9. The Kier molecular flexibility index (Phi) is 10.9. The Hall–Kier alpha value is -3.73. The molecule has 35 heavy (non-hydrogen) atoms. The third kappa shape index (κ3) is 8.21. The summed E-state index contributed by atoms with van der Waals surface area (Å²) in [4.78, 5) is 24.7. The Morgan fingerprint density at radius 3 is 1.43 bits per heavy atom. The molecule has 0 radical (unpaired) electrons. The van der Waals surface area contributed by atoms with E-state index < -0.39 is 10.5 Å². The number of methoxy groups -OCH3 is 4. The first-order chi connectivity index (χ1) is 16.8. The van der Waals surface area contributed by atoms with Gasteiger partial charge in [0.15, 0.2) is 23.0 Å². The van der Waals surface area contributed by atoms with Gasteiger partial charge in [0.05, 0.1) is 51.4 Å². The minimum absolute atomic E-state index is 0.333. The van der Waals surface area contributed by atoms with Gasteiger partial charge in [-0.05, 0) is 61.4 Å². The Morgan fingerprint density at radius 2 is 1.09 bits per heavy atom. The van der Waals surface area contributed by atoms with Crippen molar-refractivity contribution in [2.75, 3.05) is 28.4 Å². The summed E-state index contributed by atoms with van der Waals surface area (Å²) in [5.41, 5.74) is 6.41. The highest BCUT2D eigenvalue weighted by Gasteiger charge is 2.21. The van der Waals surface area contributed by atoms with Crippen LogP contribution in [-0.4, -0.2) is 63.2 Å². The first kappa shape index (κ1) is 27.5. The number of carbonyl (C=O) groups excluding carboxylic acids is 2. The van der Waals surface area contributed by atoms with Crippen LogP contribution in [0.5, 0.6) is 23.0 Å². The lowest BCUT2D eigenvalue weighted by atomic mass is 10.2. The summed E-state index contributed by atoms with van der Waals surface area (Å²) in [5.74, 6) is 1.64. The van der Waals surface area contributed by atoms with Crippen LogP contribution >= 0.6 is 11.8 Å². The number of hydrogen-bond acceptors (Lipinski definition) is 9. The summed E-state index contributed by atoms with van der Waals surface area (Å²) in [7, 11) is 6.18. The van der Waals surface area contributed by atoms with Crippen molar-refractivity contribution in [1.29, 1.82) is 0 Å². The van der Waals surface area contributed by atoms with Crippen LogP contribution in [0.4, 0.5) is 0 Å². The Morgan fingerprint density at radius 1 is 0.714 bits per heavy atom. The van der Waals surface area contributed by atoms with Gasteiger partial charge in [0.1, 0.15) is 0 Å². The normalized spacial score (nSPS) is 12.7. The van der Waals surface area contributed by atoms with E-state index in [1.807, 2.05) is 0 Å². The highest BCUT2D eigenvalue weighted by Crippen LogP contribution is 2.27. The fourth-order valence-electron chi connectivity index (χ4n) is 2.82. The molecule has 2 aromatic carbocycles. The van der Waals surface area contributed by atoms with E-state index in [0.29, 0.717) is 23.0 Å². The maximum absolute atomic E-state index is 12.4. The van der Waals surface area contributed by atoms with Crippen LogP contribution in [0.25, 0.3) is 0 Å². The average Bonchev–Trinajstić information content (AvgIpc) is 2.87. The van der Waals surface area contributed by atoms with E-state index in [1.54, 1.807) is 64.5 Å². The van der Waals surface area contributed by atoms with E-state index >= 15 is 0 Å². The number of amides is 2. The Labute approximate surface area is 209 Å². The summed E-state index contributed by atoms with van der Waals surface area (Å²) in [6.07, 6.45) is 2.99. The number of nitrogens with zero attached hydrogens (tertiary/aromatic N) is 2. The van der Waals surface area contributed by atoms with Crippen molar-refractivity contribution < 1.29 is 28.5 Å². The zero-order valence-electron chi connectivity index (χ0n) is 20.5. The maximum atomic E-state index is 12.4. The van der Waals surface area contributed by atoms with Gasteiger partial charge in [-0.3, -0.25) is 9.59 Å². The van der Waals surface area contributed by atoms with Gasteiger partial charge >= 0.3 is 0 Å². The summed E-state index contributed by atoms with van der Waals surface area (Å²) in [6, 6.07) is 10.5. The minimum atomic E-state index is -0.520. The van der Waals surface area contributed by atoms with Gasteiger partial charge < -0.3 is 18.9 Å². The molecule has 0 unspecified atom stereocenters. The van der Waals surface area contributed by atoms with E-state index in [-0.39, 0.29) is 11.8 Å². The molecule has 2 N–H and O–H groups in total. The lowest BCUT2D eigenvalue weighted by molar-refractivity contribution is -0.120. The molecule has 0 saturated heterocycles. The Balaban J connectivity index is 1.84. The molecule has 0 aliphatic rings. The molecule has 2 rings (SSSR count). The van der Waals surface area contributed by atoms with E-state index in [0.717, 1.165) is 11.1 Å². The molecular formula is C24H30N4O6S. The lowest BCUT2D eigenvalue weighted by Crippen LogP contribution is -2.33. The molecule has 0 bridgehead atoms. The van der Waals surface area contributed by atoms with Crippen molar-refractivity contribution in [1.82, 2.24) is 10.9 Å². The van der Waals surface area contributed by atoms with Crippen LogP contribution < -0.4 is 29.8 Å². The number of ether oxygens (including phenoxy) is 4. The number of nitrogens with one attached hydrogen (secondary N) is 2. The van der Waals surface area contributed by atoms with Gasteiger partial charge in [0.25, 0.3) is 11.8 Å². The molecule has 0 heterocycles. The zero-order chi connectivity index (χ0) is 25.8.